The number of carbonyl (C=O) groups excluding carboxylic acids is 1. The fraction of sp³-hybridized carbons (Fsp3) is 0.0870. The molecule has 4 rings (SSSR count). The SMILES string of the molecule is Cn1ccnc1SCc1cc(=O)c(OC(=O)c2ccc(-c3ccccc3)cc2)co1. The molecule has 0 radical (unpaired) electrons. The minimum Gasteiger partial charge on any atom is -0.464 e. The Morgan fingerprint density at radius 3 is 2.50 bits per heavy atom. The number of imidazole rings is 1. The highest BCUT2D eigenvalue weighted by molar-refractivity contribution is 7.98. The van der Waals surface area contributed by atoms with Crippen molar-refractivity contribution in [2.45, 2.75) is 10.9 Å². The summed E-state index contributed by atoms with van der Waals surface area (Å²) in [4.78, 5) is 28.9. The normalized spacial score (nSPS) is 10.7. The van der Waals surface area contributed by atoms with Gasteiger partial charge in [-0.05, 0) is 23.3 Å². The maximum Gasteiger partial charge on any atom is 0.343 e. The fourth-order valence-corrected chi connectivity index (χ4v) is 3.63. The minimum atomic E-state index is -0.614. The van der Waals surface area contributed by atoms with E-state index in [0.717, 1.165) is 16.3 Å². The van der Waals surface area contributed by atoms with E-state index in [1.807, 2.05) is 60.3 Å². The number of carbonyl (C=O) groups is 1. The molecule has 0 amide bonds. The molecule has 2 aromatic carbocycles. The van der Waals surface area contributed by atoms with Crippen LogP contribution in [0.2, 0.25) is 0 Å². The van der Waals surface area contributed by atoms with E-state index in [1.54, 1.807) is 18.3 Å². The number of benzene rings is 2. The Bertz CT molecular complexity index is 1210. The van der Waals surface area contributed by atoms with E-state index in [1.165, 1.54) is 24.1 Å². The van der Waals surface area contributed by atoms with Crippen molar-refractivity contribution in [2.24, 2.45) is 7.05 Å². The molecule has 0 saturated carbocycles. The van der Waals surface area contributed by atoms with Crippen LogP contribution in [0.4, 0.5) is 0 Å². The zero-order valence-electron chi connectivity index (χ0n) is 16.1. The fourth-order valence-electron chi connectivity index (χ4n) is 2.80. The minimum absolute atomic E-state index is 0.141. The van der Waals surface area contributed by atoms with Gasteiger partial charge in [-0.3, -0.25) is 4.79 Å². The molecular weight excluding hydrogens is 400 g/mol. The van der Waals surface area contributed by atoms with Crippen molar-refractivity contribution in [1.29, 1.82) is 0 Å². The summed E-state index contributed by atoms with van der Waals surface area (Å²) in [7, 11) is 1.89. The highest BCUT2D eigenvalue weighted by Gasteiger charge is 2.13. The number of hydrogen-bond acceptors (Lipinski definition) is 6. The lowest BCUT2D eigenvalue weighted by atomic mass is 10.0. The summed E-state index contributed by atoms with van der Waals surface area (Å²) in [6.07, 6.45) is 4.72. The Balaban J connectivity index is 1.41. The number of aryl methyl sites for hydroxylation is 1. The van der Waals surface area contributed by atoms with Crippen molar-refractivity contribution in [3.8, 4) is 16.9 Å². The first-order valence-electron chi connectivity index (χ1n) is 9.19. The van der Waals surface area contributed by atoms with E-state index in [4.69, 9.17) is 9.15 Å². The van der Waals surface area contributed by atoms with Crippen molar-refractivity contribution in [3.63, 3.8) is 0 Å². The maximum atomic E-state index is 12.4. The summed E-state index contributed by atoms with van der Waals surface area (Å²) in [6, 6.07) is 18.2. The number of hydrogen-bond donors (Lipinski definition) is 0. The Morgan fingerprint density at radius 1 is 1.10 bits per heavy atom. The smallest absolute Gasteiger partial charge is 0.343 e. The zero-order valence-corrected chi connectivity index (χ0v) is 17.0. The van der Waals surface area contributed by atoms with E-state index >= 15 is 0 Å². The van der Waals surface area contributed by atoms with Crippen molar-refractivity contribution in [3.05, 3.63) is 101 Å². The molecule has 0 saturated heterocycles. The van der Waals surface area contributed by atoms with Gasteiger partial charge in [-0.2, -0.15) is 0 Å². The van der Waals surface area contributed by atoms with Crippen LogP contribution in [0.15, 0.2) is 93.7 Å². The lowest BCUT2D eigenvalue weighted by Gasteiger charge is -2.06. The topological polar surface area (TPSA) is 74.3 Å². The summed E-state index contributed by atoms with van der Waals surface area (Å²) in [6.45, 7) is 0. The molecule has 0 aliphatic carbocycles. The molecule has 7 heteroatoms. The molecule has 0 aliphatic rings. The first kappa shape index (κ1) is 19.7. The molecule has 0 N–H and O–H groups in total. The third kappa shape index (κ3) is 4.52. The van der Waals surface area contributed by atoms with Gasteiger partial charge in [0.25, 0.3) is 0 Å². The van der Waals surface area contributed by atoms with Crippen LogP contribution >= 0.6 is 11.8 Å². The lowest BCUT2D eigenvalue weighted by molar-refractivity contribution is 0.0729. The predicted octanol–water partition coefficient (Wildman–Crippen LogP) is 4.55. The molecule has 0 spiro atoms. The molecule has 30 heavy (non-hydrogen) atoms. The molecule has 4 aromatic rings. The van der Waals surface area contributed by atoms with E-state index in [9.17, 15) is 9.59 Å². The molecule has 0 unspecified atom stereocenters. The van der Waals surface area contributed by atoms with Gasteiger partial charge in [0.15, 0.2) is 5.16 Å². The van der Waals surface area contributed by atoms with E-state index in [-0.39, 0.29) is 5.75 Å². The quantitative estimate of drug-likeness (QED) is 0.338. The molecule has 0 aliphatic heterocycles. The summed E-state index contributed by atoms with van der Waals surface area (Å²) < 4.78 is 12.6. The second-order valence-electron chi connectivity index (χ2n) is 6.52. The van der Waals surface area contributed by atoms with Crippen molar-refractivity contribution < 1.29 is 13.9 Å². The number of nitrogens with zero attached hydrogens (tertiary/aromatic N) is 2. The average molecular weight is 418 g/mol. The number of esters is 1. The van der Waals surface area contributed by atoms with Gasteiger partial charge < -0.3 is 13.7 Å². The van der Waals surface area contributed by atoms with Crippen LogP contribution in [-0.4, -0.2) is 15.5 Å². The second kappa shape index (κ2) is 8.84. The Kier molecular flexibility index (Phi) is 5.81. The van der Waals surface area contributed by atoms with Crippen LogP contribution in [0.25, 0.3) is 11.1 Å². The first-order chi connectivity index (χ1) is 14.6. The summed E-state index contributed by atoms with van der Waals surface area (Å²) in [5, 5.41) is 0.812. The van der Waals surface area contributed by atoms with Crippen molar-refractivity contribution in [2.75, 3.05) is 0 Å². The summed E-state index contributed by atoms with van der Waals surface area (Å²) >= 11 is 1.44. The molecule has 0 bridgehead atoms. The van der Waals surface area contributed by atoms with Crippen molar-refractivity contribution in [1.82, 2.24) is 9.55 Å². The van der Waals surface area contributed by atoms with Gasteiger partial charge in [0.2, 0.25) is 11.2 Å². The van der Waals surface area contributed by atoms with E-state index in [2.05, 4.69) is 4.98 Å². The van der Waals surface area contributed by atoms with Crippen molar-refractivity contribution >= 4 is 17.7 Å². The van der Waals surface area contributed by atoms with Crippen LogP contribution < -0.4 is 10.2 Å². The summed E-state index contributed by atoms with van der Waals surface area (Å²) in [5.74, 6) is 0.157. The third-order valence-electron chi connectivity index (χ3n) is 4.40. The number of ether oxygens (including phenoxy) is 1. The van der Waals surface area contributed by atoms with Crippen LogP contribution in [0.3, 0.4) is 0 Å². The predicted molar refractivity (Wildman–Crippen MR) is 115 cm³/mol. The molecule has 2 aromatic heterocycles. The maximum absolute atomic E-state index is 12.4. The Labute approximate surface area is 177 Å². The lowest BCUT2D eigenvalue weighted by Crippen LogP contribution is -2.14. The first-order valence-corrected chi connectivity index (χ1v) is 10.2. The van der Waals surface area contributed by atoms with Gasteiger partial charge in [0.05, 0.1) is 11.3 Å². The van der Waals surface area contributed by atoms with E-state index < -0.39 is 11.4 Å². The summed E-state index contributed by atoms with van der Waals surface area (Å²) in [5.41, 5.74) is 1.98. The molecule has 6 nitrogen and oxygen atoms in total. The van der Waals surface area contributed by atoms with Gasteiger partial charge in [0, 0.05) is 25.5 Å². The van der Waals surface area contributed by atoms with Gasteiger partial charge in [-0.25, -0.2) is 9.78 Å². The molecule has 0 atom stereocenters. The zero-order chi connectivity index (χ0) is 20.9. The van der Waals surface area contributed by atoms with Gasteiger partial charge in [-0.15, -0.1) is 0 Å². The highest BCUT2D eigenvalue weighted by atomic mass is 32.2. The number of rotatable bonds is 6. The van der Waals surface area contributed by atoms with Crippen LogP contribution in [0.5, 0.6) is 5.75 Å². The Hall–Kier alpha value is -3.58. The standard InChI is InChI=1S/C23H18N2O4S/c1-25-12-11-24-23(25)30-15-19-13-20(26)21(14-28-19)29-22(27)18-9-7-17(8-10-18)16-5-3-2-4-6-16/h2-14H,15H2,1H3. The molecule has 150 valence electrons. The van der Waals surface area contributed by atoms with Crippen LogP contribution in [0.1, 0.15) is 16.1 Å². The molecule has 0 fully saturated rings. The largest absolute Gasteiger partial charge is 0.464 e. The van der Waals surface area contributed by atoms with E-state index in [0.29, 0.717) is 17.1 Å². The number of aromatic nitrogens is 2. The average Bonchev–Trinajstić information content (AvgIpc) is 3.19. The monoisotopic (exact) mass is 418 g/mol. The van der Waals surface area contributed by atoms with Crippen LogP contribution in [-0.2, 0) is 12.8 Å². The van der Waals surface area contributed by atoms with Gasteiger partial charge in [0.1, 0.15) is 12.0 Å². The Morgan fingerprint density at radius 2 is 1.83 bits per heavy atom. The van der Waals surface area contributed by atoms with Gasteiger partial charge in [-0.1, -0.05) is 54.2 Å². The van der Waals surface area contributed by atoms with Gasteiger partial charge >= 0.3 is 5.97 Å². The number of thioether (sulfide) groups is 1. The molecule has 2 heterocycles. The molecular formula is C23H18N2O4S. The third-order valence-corrected chi connectivity index (χ3v) is 5.48. The highest BCUT2D eigenvalue weighted by Crippen LogP contribution is 2.22. The van der Waals surface area contributed by atoms with Crippen LogP contribution in [0, 0.1) is 0 Å². The second-order valence-corrected chi connectivity index (χ2v) is 7.46.